The molecule has 0 aliphatic carbocycles. The third-order valence-electron chi connectivity index (χ3n) is 2.63. The highest BCUT2D eigenvalue weighted by Crippen LogP contribution is 2.37. The molecule has 3 rings (SSSR count). The summed E-state index contributed by atoms with van der Waals surface area (Å²) in [6, 6.07) is 6.29. The second-order valence-electron chi connectivity index (χ2n) is 3.89. The Kier molecular flexibility index (Phi) is 3.03. The van der Waals surface area contributed by atoms with Crippen molar-refractivity contribution in [3.05, 3.63) is 35.7 Å². The van der Waals surface area contributed by atoms with Crippen molar-refractivity contribution in [2.45, 2.75) is 0 Å². The number of halogens is 1. The fourth-order valence-corrected chi connectivity index (χ4v) is 1.89. The van der Waals surface area contributed by atoms with Gasteiger partial charge in [0.25, 0.3) is 0 Å². The predicted molar refractivity (Wildman–Crippen MR) is 69.6 cm³/mol. The first-order valence-corrected chi connectivity index (χ1v) is 5.94. The summed E-state index contributed by atoms with van der Waals surface area (Å²) in [4.78, 5) is 19.7. The molecule has 1 aromatic heterocycles. The minimum absolute atomic E-state index is 0.0343. The van der Waals surface area contributed by atoms with Gasteiger partial charge in [-0.1, -0.05) is 11.6 Å². The molecule has 0 spiro atoms. The first kappa shape index (κ1) is 12.5. The summed E-state index contributed by atoms with van der Waals surface area (Å²) in [5.74, 6) is 1.19. The number of amides is 1. The van der Waals surface area contributed by atoms with E-state index in [2.05, 4.69) is 9.97 Å². The van der Waals surface area contributed by atoms with Crippen LogP contribution in [0.25, 0.3) is 0 Å². The number of carboxylic acid groups (broad SMARTS) is 1. The van der Waals surface area contributed by atoms with Gasteiger partial charge in [0.05, 0.1) is 5.69 Å². The van der Waals surface area contributed by atoms with E-state index < -0.39 is 6.09 Å². The van der Waals surface area contributed by atoms with Crippen molar-refractivity contribution in [3.8, 4) is 17.4 Å². The minimum atomic E-state index is -1.07. The van der Waals surface area contributed by atoms with Gasteiger partial charge < -0.3 is 14.6 Å². The van der Waals surface area contributed by atoms with Gasteiger partial charge in [-0.15, -0.1) is 0 Å². The highest BCUT2D eigenvalue weighted by Gasteiger charge is 2.26. The minimum Gasteiger partial charge on any atom is -0.470 e. The average Bonchev–Trinajstić information content (AvgIpc) is 2.82. The molecule has 1 aromatic carbocycles. The number of hydrogen-bond acceptors (Lipinski definition) is 5. The van der Waals surface area contributed by atoms with Crippen molar-refractivity contribution in [1.82, 2.24) is 9.97 Å². The zero-order valence-corrected chi connectivity index (χ0v) is 10.7. The summed E-state index contributed by atoms with van der Waals surface area (Å²) in [7, 11) is 0. The van der Waals surface area contributed by atoms with E-state index >= 15 is 0 Å². The molecule has 20 heavy (non-hydrogen) atoms. The smallest absolute Gasteiger partial charge is 0.414 e. The van der Waals surface area contributed by atoms with E-state index in [-0.39, 0.29) is 17.8 Å². The van der Waals surface area contributed by atoms with Crippen molar-refractivity contribution < 1.29 is 19.4 Å². The standard InChI is InChI=1S/C12H8ClN3O4/c13-10-4-11(15-5-14-10)20-7-1-2-8-9(3-7)19-6-16(8)12(17)18/h1-5H,6H2,(H,17,18). The number of carbonyl (C=O) groups is 1. The first-order chi connectivity index (χ1) is 9.63. The number of benzene rings is 1. The van der Waals surface area contributed by atoms with Gasteiger partial charge in [-0.05, 0) is 12.1 Å². The molecule has 1 aliphatic rings. The van der Waals surface area contributed by atoms with Crippen molar-refractivity contribution in [2.24, 2.45) is 0 Å². The van der Waals surface area contributed by atoms with E-state index in [0.29, 0.717) is 17.2 Å². The third-order valence-corrected chi connectivity index (χ3v) is 2.84. The predicted octanol–water partition coefficient (Wildman–Crippen LogP) is 2.76. The zero-order valence-electron chi connectivity index (χ0n) is 9.99. The molecule has 8 heteroatoms. The summed E-state index contributed by atoms with van der Waals surface area (Å²) in [6.45, 7) is -0.0343. The van der Waals surface area contributed by atoms with Crippen molar-refractivity contribution >= 4 is 23.4 Å². The molecule has 0 unspecified atom stereocenters. The molecule has 1 aliphatic heterocycles. The summed E-state index contributed by atoms with van der Waals surface area (Å²) < 4.78 is 10.8. The average molecular weight is 294 g/mol. The molecular weight excluding hydrogens is 286 g/mol. The highest BCUT2D eigenvalue weighted by atomic mass is 35.5. The van der Waals surface area contributed by atoms with Crippen molar-refractivity contribution in [1.29, 1.82) is 0 Å². The van der Waals surface area contributed by atoms with Crippen LogP contribution in [0.1, 0.15) is 0 Å². The molecule has 0 bridgehead atoms. The van der Waals surface area contributed by atoms with Gasteiger partial charge in [-0.25, -0.2) is 19.7 Å². The van der Waals surface area contributed by atoms with Crippen LogP contribution in [0, 0.1) is 0 Å². The fourth-order valence-electron chi connectivity index (χ4n) is 1.75. The second-order valence-corrected chi connectivity index (χ2v) is 4.28. The third kappa shape index (κ3) is 2.30. The van der Waals surface area contributed by atoms with Crippen LogP contribution in [-0.2, 0) is 0 Å². The summed E-state index contributed by atoms with van der Waals surface area (Å²) >= 11 is 5.73. The van der Waals surface area contributed by atoms with Crippen LogP contribution in [0.3, 0.4) is 0 Å². The lowest BCUT2D eigenvalue weighted by Gasteiger charge is -2.09. The molecule has 0 fully saturated rings. The maximum absolute atomic E-state index is 11.0. The van der Waals surface area contributed by atoms with E-state index in [9.17, 15) is 4.79 Å². The molecule has 0 saturated carbocycles. The van der Waals surface area contributed by atoms with E-state index in [1.165, 1.54) is 12.4 Å². The van der Waals surface area contributed by atoms with Crippen LogP contribution in [-0.4, -0.2) is 27.9 Å². The quantitative estimate of drug-likeness (QED) is 0.857. The largest absolute Gasteiger partial charge is 0.470 e. The van der Waals surface area contributed by atoms with Crippen LogP contribution in [0.4, 0.5) is 10.5 Å². The van der Waals surface area contributed by atoms with E-state index in [4.69, 9.17) is 26.2 Å². The van der Waals surface area contributed by atoms with Crippen LogP contribution < -0.4 is 14.4 Å². The SMILES string of the molecule is O=C(O)N1COc2cc(Oc3cc(Cl)ncn3)ccc21. The molecule has 0 atom stereocenters. The molecule has 2 aromatic rings. The number of anilines is 1. The Bertz CT molecular complexity index is 680. The Morgan fingerprint density at radius 2 is 2.25 bits per heavy atom. The van der Waals surface area contributed by atoms with Crippen LogP contribution >= 0.6 is 11.6 Å². The monoisotopic (exact) mass is 293 g/mol. The number of rotatable bonds is 2. The number of hydrogen-bond donors (Lipinski definition) is 1. The number of nitrogens with zero attached hydrogens (tertiary/aromatic N) is 3. The molecule has 1 amide bonds. The van der Waals surface area contributed by atoms with Crippen LogP contribution in [0.5, 0.6) is 17.4 Å². The lowest BCUT2D eigenvalue weighted by atomic mass is 10.2. The van der Waals surface area contributed by atoms with Crippen molar-refractivity contribution in [3.63, 3.8) is 0 Å². The number of aromatic nitrogens is 2. The molecule has 0 radical (unpaired) electrons. The Labute approximate surface area is 118 Å². The molecule has 0 saturated heterocycles. The molecule has 7 nitrogen and oxygen atoms in total. The normalized spacial score (nSPS) is 12.8. The van der Waals surface area contributed by atoms with Crippen LogP contribution in [0.2, 0.25) is 5.15 Å². The van der Waals surface area contributed by atoms with E-state index in [0.717, 1.165) is 4.90 Å². The van der Waals surface area contributed by atoms with Gasteiger partial charge in [0.2, 0.25) is 5.88 Å². The Hall–Kier alpha value is -2.54. The lowest BCUT2D eigenvalue weighted by molar-refractivity contribution is 0.197. The fraction of sp³-hybridized carbons (Fsp3) is 0.0833. The summed E-state index contributed by atoms with van der Waals surface area (Å²) in [6.07, 6.45) is 0.216. The van der Waals surface area contributed by atoms with E-state index in [1.807, 2.05) is 0 Å². The van der Waals surface area contributed by atoms with Gasteiger partial charge in [0.1, 0.15) is 23.0 Å². The molecule has 1 N–H and O–H groups in total. The molecule has 2 heterocycles. The Balaban J connectivity index is 1.85. The molecular formula is C12H8ClN3O4. The highest BCUT2D eigenvalue weighted by molar-refractivity contribution is 6.29. The Morgan fingerprint density at radius 1 is 1.40 bits per heavy atom. The van der Waals surface area contributed by atoms with Gasteiger partial charge >= 0.3 is 6.09 Å². The second kappa shape index (κ2) is 4.86. The summed E-state index contributed by atoms with van der Waals surface area (Å²) in [5, 5.41) is 9.25. The van der Waals surface area contributed by atoms with Gasteiger partial charge in [-0.3, -0.25) is 0 Å². The van der Waals surface area contributed by atoms with E-state index in [1.54, 1.807) is 18.2 Å². The zero-order chi connectivity index (χ0) is 14.1. The van der Waals surface area contributed by atoms with Crippen LogP contribution in [0.15, 0.2) is 30.6 Å². The first-order valence-electron chi connectivity index (χ1n) is 5.56. The lowest BCUT2D eigenvalue weighted by Crippen LogP contribution is -2.27. The Morgan fingerprint density at radius 3 is 3.00 bits per heavy atom. The molecule has 102 valence electrons. The number of fused-ring (bicyclic) bond motifs is 1. The van der Waals surface area contributed by atoms with Gasteiger partial charge in [0, 0.05) is 12.1 Å². The number of ether oxygens (including phenoxy) is 2. The van der Waals surface area contributed by atoms with Gasteiger partial charge in [0.15, 0.2) is 6.73 Å². The maximum atomic E-state index is 11.0. The maximum Gasteiger partial charge on any atom is 0.414 e. The summed E-state index contributed by atoms with van der Waals surface area (Å²) in [5.41, 5.74) is 0.477. The topological polar surface area (TPSA) is 84.8 Å². The van der Waals surface area contributed by atoms with Gasteiger partial charge in [-0.2, -0.15) is 0 Å². The van der Waals surface area contributed by atoms with Crippen molar-refractivity contribution in [2.75, 3.05) is 11.6 Å².